The van der Waals surface area contributed by atoms with Crippen LogP contribution in [0.25, 0.3) is 33.1 Å². The van der Waals surface area contributed by atoms with Gasteiger partial charge in [-0.15, -0.1) is 0 Å². The summed E-state index contributed by atoms with van der Waals surface area (Å²) >= 11 is 6.37. The second-order valence-corrected chi connectivity index (χ2v) is 8.90. The third-order valence-corrected chi connectivity index (χ3v) is 6.36. The minimum atomic E-state index is 0.580. The number of halogens is 1. The van der Waals surface area contributed by atoms with Crippen LogP contribution in [0.4, 0.5) is 5.82 Å². The van der Waals surface area contributed by atoms with Crippen LogP contribution in [-0.4, -0.2) is 33.1 Å². The number of fused-ring (bicyclic) bond motifs is 3. The predicted molar refractivity (Wildman–Crippen MR) is 132 cm³/mol. The van der Waals surface area contributed by atoms with Crippen molar-refractivity contribution in [2.75, 3.05) is 18.1 Å². The maximum atomic E-state index is 6.37. The van der Waals surface area contributed by atoms with Gasteiger partial charge in [-0.1, -0.05) is 23.7 Å². The Kier molecular flexibility index (Phi) is 4.69. The van der Waals surface area contributed by atoms with E-state index in [4.69, 9.17) is 16.3 Å². The highest BCUT2D eigenvalue weighted by atomic mass is 35.5. The summed E-state index contributed by atoms with van der Waals surface area (Å²) in [5.41, 5.74) is 7.38. The molecule has 33 heavy (non-hydrogen) atoms. The molecule has 6 rings (SSSR count). The van der Waals surface area contributed by atoms with Crippen LogP contribution < -0.4 is 9.64 Å². The number of benzene rings is 3. The first-order chi connectivity index (χ1) is 16.0. The molecule has 0 atom stereocenters. The van der Waals surface area contributed by atoms with Gasteiger partial charge in [-0.2, -0.15) is 0 Å². The summed E-state index contributed by atoms with van der Waals surface area (Å²) in [5, 5.41) is 1.65. The molecule has 164 valence electrons. The second-order valence-electron chi connectivity index (χ2n) is 8.46. The van der Waals surface area contributed by atoms with Crippen LogP contribution in [-0.2, 0) is 6.54 Å². The lowest BCUT2D eigenvalue weighted by Crippen LogP contribution is -2.26. The zero-order valence-corrected chi connectivity index (χ0v) is 19.1. The lowest BCUT2D eigenvalue weighted by atomic mass is 10.0. The van der Waals surface area contributed by atoms with Gasteiger partial charge in [-0.25, -0.2) is 15.0 Å². The quantitative estimate of drug-likeness (QED) is 0.362. The van der Waals surface area contributed by atoms with Gasteiger partial charge < -0.3 is 14.6 Å². The number of ether oxygens (including phenoxy) is 1. The third kappa shape index (κ3) is 3.56. The normalized spacial score (nSPS) is 13.7. The molecular formula is C26H22ClN5O. The number of H-pyrrole nitrogens is 1. The van der Waals surface area contributed by atoms with Crippen molar-refractivity contribution < 1.29 is 4.74 Å². The molecule has 1 aliphatic heterocycles. The largest absolute Gasteiger partial charge is 0.491 e. The molecule has 3 heterocycles. The first-order valence-corrected chi connectivity index (χ1v) is 11.3. The second kappa shape index (κ2) is 7.74. The molecule has 1 N–H and O–H groups in total. The van der Waals surface area contributed by atoms with E-state index in [1.807, 2.05) is 26.0 Å². The molecule has 3 aromatic carbocycles. The van der Waals surface area contributed by atoms with E-state index in [0.717, 1.165) is 68.1 Å². The van der Waals surface area contributed by atoms with Crippen LogP contribution in [0, 0.1) is 13.8 Å². The summed E-state index contributed by atoms with van der Waals surface area (Å²) in [5.74, 6) is 2.70. The molecule has 0 unspecified atom stereocenters. The number of rotatable bonds is 2. The van der Waals surface area contributed by atoms with Crippen LogP contribution in [0.1, 0.15) is 17.0 Å². The number of aryl methyl sites for hydroxylation is 2. The fourth-order valence-electron chi connectivity index (χ4n) is 4.61. The van der Waals surface area contributed by atoms with E-state index >= 15 is 0 Å². The van der Waals surface area contributed by atoms with Crippen LogP contribution >= 0.6 is 11.6 Å². The van der Waals surface area contributed by atoms with Gasteiger partial charge in [0.15, 0.2) is 0 Å². The van der Waals surface area contributed by atoms with E-state index in [1.54, 1.807) is 6.33 Å². The molecule has 0 bridgehead atoms. The van der Waals surface area contributed by atoms with Gasteiger partial charge in [0.05, 0.1) is 23.1 Å². The molecule has 1 aliphatic rings. The predicted octanol–water partition coefficient (Wildman–Crippen LogP) is 5.84. The number of imidazole rings is 1. The summed E-state index contributed by atoms with van der Waals surface area (Å²) in [7, 11) is 0. The van der Waals surface area contributed by atoms with Crippen molar-refractivity contribution in [1.29, 1.82) is 0 Å². The zero-order chi connectivity index (χ0) is 22.5. The lowest BCUT2D eigenvalue weighted by Gasteiger charge is -2.22. The topological polar surface area (TPSA) is 66.9 Å². The molecule has 0 fully saturated rings. The molecule has 5 aromatic rings. The molecular weight excluding hydrogens is 434 g/mol. The Morgan fingerprint density at radius 2 is 1.85 bits per heavy atom. The van der Waals surface area contributed by atoms with E-state index in [9.17, 15) is 0 Å². The van der Waals surface area contributed by atoms with Crippen molar-refractivity contribution in [1.82, 2.24) is 19.9 Å². The standard InChI is InChI=1S/C26H22ClN5O/c1-15-9-20(27)12-21-25(15)28-14-29-26(21)32-7-8-33-24-6-4-17(10-19(24)13-32)18-3-5-22-23(11-18)31-16(2)30-22/h3-6,9-12,14H,7-8,13H2,1-2H3,(H,30,31). The fraction of sp³-hybridized carbons (Fsp3) is 0.192. The van der Waals surface area contributed by atoms with E-state index in [0.29, 0.717) is 18.2 Å². The molecule has 0 amide bonds. The van der Waals surface area contributed by atoms with E-state index in [1.165, 1.54) is 0 Å². The number of aromatic nitrogens is 4. The highest BCUT2D eigenvalue weighted by Gasteiger charge is 2.20. The Bertz CT molecular complexity index is 1530. The van der Waals surface area contributed by atoms with Crippen molar-refractivity contribution in [2.24, 2.45) is 0 Å². The van der Waals surface area contributed by atoms with E-state index < -0.39 is 0 Å². The third-order valence-electron chi connectivity index (χ3n) is 6.15. The molecule has 0 saturated carbocycles. The Labute approximate surface area is 196 Å². The summed E-state index contributed by atoms with van der Waals surface area (Å²) in [6.45, 7) is 5.99. The first kappa shape index (κ1) is 20.0. The fourth-order valence-corrected chi connectivity index (χ4v) is 4.88. The number of aromatic amines is 1. The van der Waals surface area contributed by atoms with Gasteiger partial charge >= 0.3 is 0 Å². The van der Waals surface area contributed by atoms with Crippen molar-refractivity contribution in [3.63, 3.8) is 0 Å². The van der Waals surface area contributed by atoms with E-state index in [2.05, 4.69) is 61.2 Å². The number of anilines is 1. The number of nitrogens with zero attached hydrogens (tertiary/aromatic N) is 4. The minimum Gasteiger partial charge on any atom is -0.491 e. The number of hydrogen-bond acceptors (Lipinski definition) is 5. The highest BCUT2D eigenvalue weighted by Crippen LogP contribution is 2.34. The van der Waals surface area contributed by atoms with Crippen LogP contribution in [0.3, 0.4) is 0 Å². The molecule has 0 aliphatic carbocycles. The Morgan fingerprint density at radius 1 is 1.00 bits per heavy atom. The Balaban J connectivity index is 1.41. The summed E-state index contributed by atoms with van der Waals surface area (Å²) in [4.78, 5) is 19.2. The molecule has 0 saturated heterocycles. The minimum absolute atomic E-state index is 0.580. The average Bonchev–Trinajstić information content (AvgIpc) is 3.04. The van der Waals surface area contributed by atoms with Crippen LogP contribution in [0.2, 0.25) is 5.02 Å². The number of hydrogen-bond donors (Lipinski definition) is 1. The van der Waals surface area contributed by atoms with Crippen molar-refractivity contribution in [3.05, 3.63) is 76.8 Å². The maximum absolute atomic E-state index is 6.37. The SMILES string of the molecule is Cc1nc2ccc(-c3ccc4c(c3)CN(c3ncnc5c(C)cc(Cl)cc35)CCO4)cc2[nH]1. The number of nitrogens with one attached hydrogen (secondary N) is 1. The van der Waals surface area contributed by atoms with Crippen molar-refractivity contribution >= 4 is 39.4 Å². The Morgan fingerprint density at radius 3 is 2.76 bits per heavy atom. The van der Waals surface area contributed by atoms with Crippen LogP contribution in [0.5, 0.6) is 5.75 Å². The van der Waals surface area contributed by atoms with Gasteiger partial charge in [-0.3, -0.25) is 0 Å². The van der Waals surface area contributed by atoms with E-state index in [-0.39, 0.29) is 0 Å². The van der Waals surface area contributed by atoms with Crippen LogP contribution in [0.15, 0.2) is 54.9 Å². The molecule has 2 aromatic heterocycles. The average molecular weight is 456 g/mol. The van der Waals surface area contributed by atoms with Gasteiger partial charge in [0, 0.05) is 22.5 Å². The van der Waals surface area contributed by atoms with Gasteiger partial charge in [-0.05, 0) is 66.9 Å². The van der Waals surface area contributed by atoms with Gasteiger partial charge in [0.1, 0.15) is 30.3 Å². The van der Waals surface area contributed by atoms with Gasteiger partial charge in [0.25, 0.3) is 0 Å². The summed E-state index contributed by atoms with van der Waals surface area (Å²) in [6, 6.07) is 16.6. The maximum Gasteiger partial charge on any atom is 0.140 e. The monoisotopic (exact) mass is 455 g/mol. The lowest BCUT2D eigenvalue weighted by molar-refractivity contribution is 0.331. The molecule has 0 spiro atoms. The molecule has 7 heteroatoms. The van der Waals surface area contributed by atoms with Gasteiger partial charge in [0.2, 0.25) is 0 Å². The Hall–Kier alpha value is -3.64. The first-order valence-electron chi connectivity index (χ1n) is 10.9. The molecule has 0 radical (unpaired) electrons. The summed E-state index contributed by atoms with van der Waals surface area (Å²) < 4.78 is 6.10. The highest BCUT2D eigenvalue weighted by molar-refractivity contribution is 6.31. The smallest absolute Gasteiger partial charge is 0.140 e. The molecule has 6 nitrogen and oxygen atoms in total. The summed E-state index contributed by atoms with van der Waals surface area (Å²) in [6.07, 6.45) is 1.63. The zero-order valence-electron chi connectivity index (χ0n) is 18.4. The van der Waals surface area contributed by atoms with Crippen molar-refractivity contribution in [2.45, 2.75) is 20.4 Å². The van der Waals surface area contributed by atoms with Crippen molar-refractivity contribution in [3.8, 4) is 16.9 Å².